The highest BCUT2D eigenvalue weighted by molar-refractivity contribution is 6.11. The molecule has 2 aromatic rings. The molecule has 0 aliphatic carbocycles. The van der Waals surface area contributed by atoms with Crippen molar-refractivity contribution in [2.75, 3.05) is 13.1 Å². The molecule has 1 aliphatic heterocycles. The van der Waals surface area contributed by atoms with Crippen LogP contribution >= 0.6 is 0 Å². The first-order chi connectivity index (χ1) is 11.0. The Morgan fingerprint density at radius 1 is 1.26 bits per heavy atom. The number of fused-ring (bicyclic) bond motifs is 1. The maximum Gasteiger partial charge on any atom is 0.220 e. The number of benzene rings is 1. The highest BCUT2D eigenvalue weighted by atomic mass is 16.1. The fourth-order valence-electron chi connectivity index (χ4n) is 3.54. The second-order valence-electron chi connectivity index (χ2n) is 6.42. The minimum absolute atomic E-state index is 0.0524. The van der Waals surface area contributed by atoms with Crippen LogP contribution in [-0.4, -0.2) is 40.7 Å². The van der Waals surface area contributed by atoms with Crippen LogP contribution in [0.1, 0.15) is 35.8 Å². The van der Waals surface area contributed by atoms with Crippen molar-refractivity contribution in [1.82, 2.24) is 9.88 Å². The molecule has 0 saturated carbocycles. The summed E-state index contributed by atoms with van der Waals surface area (Å²) in [4.78, 5) is 29.7. The molecule has 0 bridgehead atoms. The standard InChI is InChI=1S/C18H23N3O2/c1-11-16(14-5-3-4-6-15(14)20-11)17(22)12(2)21-9-7-13(8-10-21)18(19)23/h3-6,12-13,20H,7-10H2,1-2H3,(H2,19,23)/t12-/m1/s1. The molecule has 1 aliphatic rings. The van der Waals surface area contributed by atoms with Crippen LogP contribution in [0.15, 0.2) is 24.3 Å². The maximum absolute atomic E-state index is 13.0. The third-order valence-corrected chi connectivity index (χ3v) is 5.00. The fraction of sp³-hybridized carbons (Fsp3) is 0.444. The molecule has 1 amide bonds. The number of nitrogens with zero attached hydrogens (tertiary/aromatic N) is 1. The molecule has 5 nitrogen and oxygen atoms in total. The van der Waals surface area contributed by atoms with Gasteiger partial charge in [-0.3, -0.25) is 14.5 Å². The lowest BCUT2D eigenvalue weighted by Crippen LogP contribution is -2.46. The minimum Gasteiger partial charge on any atom is -0.369 e. The number of para-hydroxylation sites is 1. The molecule has 0 spiro atoms. The summed E-state index contributed by atoms with van der Waals surface area (Å²) in [6.07, 6.45) is 1.47. The second-order valence-corrected chi connectivity index (χ2v) is 6.42. The van der Waals surface area contributed by atoms with Crippen molar-refractivity contribution in [3.63, 3.8) is 0 Å². The van der Waals surface area contributed by atoms with E-state index in [1.165, 1.54) is 0 Å². The Kier molecular flexibility index (Phi) is 4.22. The molecule has 2 heterocycles. The lowest BCUT2D eigenvalue weighted by Gasteiger charge is -2.34. The van der Waals surface area contributed by atoms with E-state index < -0.39 is 0 Å². The van der Waals surface area contributed by atoms with Crippen LogP contribution in [0.3, 0.4) is 0 Å². The first kappa shape index (κ1) is 15.7. The van der Waals surface area contributed by atoms with Crippen LogP contribution in [0.2, 0.25) is 0 Å². The number of aryl methyl sites for hydroxylation is 1. The highest BCUT2D eigenvalue weighted by Gasteiger charge is 2.30. The quantitative estimate of drug-likeness (QED) is 0.850. The number of nitrogens with two attached hydrogens (primary N) is 1. The zero-order valence-electron chi connectivity index (χ0n) is 13.6. The molecular formula is C18H23N3O2. The predicted molar refractivity (Wildman–Crippen MR) is 90.3 cm³/mol. The summed E-state index contributed by atoms with van der Waals surface area (Å²) in [6.45, 7) is 5.37. The predicted octanol–water partition coefficient (Wildman–Crippen LogP) is 2.24. The molecule has 1 aromatic carbocycles. The molecule has 122 valence electrons. The number of carbonyl (C=O) groups excluding carboxylic acids is 2. The maximum atomic E-state index is 13.0. The molecule has 1 aromatic heterocycles. The van der Waals surface area contributed by atoms with E-state index in [2.05, 4.69) is 9.88 Å². The molecule has 1 saturated heterocycles. The van der Waals surface area contributed by atoms with Crippen molar-refractivity contribution in [1.29, 1.82) is 0 Å². The monoisotopic (exact) mass is 313 g/mol. The summed E-state index contributed by atoms with van der Waals surface area (Å²) in [7, 11) is 0. The summed E-state index contributed by atoms with van der Waals surface area (Å²) in [5.74, 6) is -0.142. The van der Waals surface area contributed by atoms with E-state index in [9.17, 15) is 9.59 Å². The van der Waals surface area contributed by atoms with Gasteiger partial charge in [0.25, 0.3) is 0 Å². The number of aromatic nitrogens is 1. The van der Waals surface area contributed by atoms with Crippen molar-refractivity contribution in [3.8, 4) is 0 Å². The Balaban J connectivity index is 1.80. The average molecular weight is 313 g/mol. The Labute approximate surface area is 135 Å². The first-order valence-corrected chi connectivity index (χ1v) is 8.14. The van der Waals surface area contributed by atoms with Crippen molar-refractivity contribution in [2.45, 2.75) is 32.7 Å². The van der Waals surface area contributed by atoms with Crippen molar-refractivity contribution >= 4 is 22.6 Å². The number of rotatable bonds is 4. The molecular weight excluding hydrogens is 290 g/mol. The first-order valence-electron chi connectivity index (χ1n) is 8.14. The van der Waals surface area contributed by atoms with Gasteiger partial charge in [-0.25, -0.2) is 0 Å². The van der Waals surface area contributed by atoms with Gasteiger partial charge in [0.05, 0.1) is 6.04 Å². The van der Waals surface area contributed by atoms with Gasteiger partial charge in [-0.1, -0.05) is 18.2 Å². The number of amides is 1. The van der Waals surface area contributed by atoms with E-state index in [0.29, 0.717) is 0 Å². The number of nitrogens with one attached hydrogen (secondary N) is 1. The van der Waals surface area contributed by atoms with E-state index in [1.54, 1.807) is 0 Å². The molecule has 5 heteroatoms. The number of piperidine rings is 1. The summed E-state index contributed by atoms with van der Waals surface area (Å²) in [5, 5.41) is 0.980. The number of hydrogen-bond acceptors (Lipinski definition) is 3. The van der Waals surface area contributed by atoms with Gasteiger partial charge in [-0.15, -0.1) is 0 Å². The summed E-state index contributed by atoms with van der Waals surface area (Å²) < 4.78 is 0. The third-order valence-electron chi connectivity index (χ3n) is 5.00. The van der Waals surface area contributed by atoms with Gasteiger partial charge in [0.15, 0.2) is 5.78 Å². The van der Waals surface area contributed by atoms with Gasteiger partial charge in [-0.2, -0.15) is 0 Å². The van der Waals surface area contributed by atoms with Crippen LogP contribution < -0.4 is 5.73 Å². The highest BCUT2D eigenvalue weighted by Crippen LogP contribution is 2.26. The molecule has 3 rings (SSSR count). The van der Waals surface area contributed by atoms with Gasteiger partial charge < -0.3 is 10.7 Å². The van der Waals surface area contributed by atoms with E-state index in [1.807, 2.05) is 38.1 Å². The van der Waals surface area contributed by atoms with E-state index in [4.69, 9.17) is 5.73 Å². The normalized spacial score (nSPS) is 18.2. The molecule has 0 radical (unpaired) electrons. The molecule has 3 N–H and O–H groups in total. The summed E-state index contributed by atoms with van der Waals surface area (Å²) >= 11 is 0. The van der Waals surface area contributed by atoms with Gasteiger partial charge in [0.2, 0.25) is 5.91 Å². The van der Waals surface area contributed by atoms with Crippen molar-refractivity contribution < 1.29 is 9.59 Å². The van der Waals surface area contributed by atoms with Crippen LogP contribution in [0.4, 0.5) is 0 Å². The second kappa shape index (κ2) is 6.16. The Bertz CT molecular complexity index is 742. The van der Waals surface area contributed by atoms with Gasteiger partial charge in [0.1, 0.15) is 0 Å². The van der Waals surface area contributed by atoms with E-state index in [0.717, 1.165) is 48.1 Å². The number of hydrogen-bond donors (Lipinski definition) is 2. The number of Topliss-reactive ketones (excluding diaryl/α,β-unsaturated/α-hetero) is 1. The minimum atomic E-state index is -0.226. The van der Waals surface area contributed by atoms with E-state index >= 15 is 0 Å². The van der Waals surface area contributed by atoms with Crippen LogP contribution in [-0.2, 0) is 4.79 Å². The summed E-state index contributed by atoms with van der Waals surface area (Å²) in [6, 6.07) is 7.70. The van der Waals surface area contributed by atoms with Crippen molar-refractivity contribution in [2.24, 2.45) is 11.7 Å². The largest absolute Gasteiger partial charge is 0.369 e. The van der Waals surface area contributed by atoms with Crippen molar-refractivity contribution in [3.05, 3.63) is 35.5 Å². The fourth-order valence-corrected chi connectivity index (χ4v) is 3.54. The topological polar surface area (TPSA) is 79.2 Å². The van der Waals surface area contributed by atoms with Crippen LogP contribution in [0.25, 0.3) is 10.9 Å². The molecule has 1 atom stereocenters. The molecule has 0 unspecified atom stereocenters. The van der Waals surface area contributed by atoms with Gasteiger partial charge in [0, 0.05) is 28.1 Å². The smallest absolute Gasteiger partial charge is 0.220 e. The van der Waals surface area contributed by atoms with E-state index in [-0.39, 0.29) is 23.7 Å². The number of aromatic amines is 1. The number of carbonyl (C=O) groups is 2. The number of ketones is 1. The zero-order valence-corrected chi connectivity index (χ0v) is 13.6. The molecule has 23 heavy (non-hydrogen) atoms. The Hall–Kier alpha value is -2.14. The SMILES string of the molecule is Cc1[nH]c2ccccc2c1C(=O)[C@@H](C)N1CCC(C(N)=O)CC1. The lowest BCUT2D eigenvalue weighted by molar-refractivity contribution is -0.123. The number of likely N-dealkylation sites (tertiary alicyclic amines) is 1. The number of H-pyrrole nitrogens is 1. The van der Waals surface area contributed by atoms with Crippen LogP contribution in [0, 0.1) is 12.8 Å². The van der Waals surface area contributed by atoms with Gasteiger partial charge in [-0.05, 0) is 45.8 Å². The summed E-state index contributed by atoms with van der Waals surface area (Å²) in [5.41, 5.74) is 8.07. The Morgan fingerprint density at radius 3 is 2.57 bits per heavy atom. The Morgan fingerprint density at radius 2 is 1.91 bits per heavy atom. The zero-order chi connectivity index (χ0) is 16.6. The average Bonchev–Trinajstić information content (AvgIpc) is 2.89. The number of primary amides is 1. The third kappa shape index (κ3) is 2.88. The lowest BCUT2D eigenvalue weighted by atomic mass is 9.93. The van der Waals surface area contributed by atoms with Crippen LogP contribution in [0.5, 0.6) is 0 Å². The van der Waals surface area contributed by atoms with Gasteiger partial charge >= 0.3 is 0 Å². The molecule has 1 fully saturated rings.